The average Bonchev–Trinajstić information content (AvgIpc) is 2.37. The van der Waals surface area contributed by atoms with E-state index in [1.54, 1.807) is 18.2 Å². The van der Waals surface area contributed by atoms with Gasteiger partial charge in [0, 0.05) is 43.0 Å². The topological polar surface area (TPSA) is 58.8 Å². The molecule has 1 aromatic carbocycles. The first-order valence-electron chi connectivity index (χ1n) is 7.04. The number of nitrogens with two attached hydrogens (primary N) is 1. The minimum Gasteiger partial charge on any atom is -0.494 e. The summed E-state index contributed by atoms with van der Waals surface area (Å²) in [6, 6.07) is 5.44. The molecule has 1 saturated heterocycles. The van der Waals surface area contributed by atoms with E-state index in [4.69, 9.17) is 10.5 Å². The Morgan fingerprint density at radius 3 is 2.80 bits per heavy atom. The van der Waals surface area contributed by atoms with Crippen LogP contribution < -0.4 is 10.5 Å². The van der Waals surface area contributed by atoms with Crippen LogP contribution >= 0.6 is 0 Å². The second kappa shape index (κ2) is 6.13. The van der Waals surface area contributed by atoms with Gasteiger partial charge >= 0.3 is 0 Å². The molecule has 2 N–H and O–H groups in total. The van der Waals surface area contributed by atoms with Crippen LogP contribution in [0.4, 0.5) is 5.69 Å². The van der Waals surface area contributed by atoms with E-state index in [-0.39, 0.29) is 11.9 Å². The van der Waals surface area contributed by atoms with Crippen LogP contribution in [-0.4, -0.2) is 55.0 Å². The van der Waals surface area contributed by atoms with Crippen LogP contribution in [0.3, 0.4) is 0 Å². The van der Waals surface area contributed by atoms with E-state index in [0.717, 1.165) is 19.6 Å². The van der Waals surface area contributed by atoms with E-state index in [2.05, 4.69) is 18.9 Å². The maximum absolute atomic E-state index is 12.6. The number of nitrogens with zero attached hydrogens (tertiary/aromatic N) is 2. The van der Waals surface area contributed by atoms with Crippen molar-refractivity contribution in [2.45, 2.75) is 19.9 Å². The first kappa shape index (κ1) is 14.7. The molecule has 1 aromatic rings. The number of benzene rings is 1. The lowest BCUT2D eigenvalue weighted by Gasteiger charge is -2.38. The Kier molecular flexibility index (Phi) is 4.49. The van der Waals surface area contributed by atoms with Crippen LogP contribution in [0, 0.1) is 0 Å². The average molecular weight is 277 g/mol. The van der Waals surface area contributed by atoms with Gasteiger partial charge < -0.3 is 20.3 Å². The van der Waals surface area contributed by atoms with Gasteiger partial charge in [-0.2, -0.15) is 0 Å². The molecule has 1 unspecified atom stereocenters. The number of rotatable bonds is 3. The van der Waals surface area contributed by atoms with Gasteiger partial charge in [0.25, 0.3) is 5.91 Å². The molecular formula is C15H23N3O2. The SMILES string of the molecule is CCOc1cc(N)cc(C(=O)N2CCN(C)CC2C)c1. The third-order valence-corrected chi connectivity index (χ3v) is 3.58. The quantitative estimate of drug-likeness (QED) is 0.849. The van der Waals surface area contributed by atoms with Crippen LogP contribution in [0.1, 0.15) is 24.2 Å². The largest absolute Gasteiger partial charge is 0.494 e. The second-order valence-electron chi connectivity index (χ2n) is 5.33. The van der Waals surface area contributed by atoms with Crippen LogP contribution in [0.25, 0.3) is 0 Å². The minimum absolute atomic E-state index is 0.0267. The van der Waals surface area contributed by atoms with Crippen LogP contribution in [0.15, 0.2) is 18.2 Å². The smallest absolute Gasteiger partial charge is 0.254 e. The van der Waals surface area contributed by atoms with Crippen molar-refractivity contribution in [2.75, 3.05) is 39.0 Å². The van der Waals surface area contributed by atoms with E-state index < -0.39 is 0 Å². The molecule has 0 saturated carbocycles. The summed E-state index contributed by atoms with van der Waals surface area (Å²) in [6.07, 6.45) is 0. The van der Waals surface area contributed by atoms with Crippen molar-refractivity contribution < 1.29 is 9.53 Å². The van der Waals surface area contributed by atoms with Crippen molar-refractivity contribution in [1.29, 1.82) is 0 Å². The molecule has 1 fully saturated rings. The Balaban J connectivity index is 2.20. The third-order valence-electron chi connectivity index (χ3n) is 3.58. The zero-order chi connectivity index (χ0) is 14.7. The van der Waals surface area contributed by atoms with E-state index in [1.165, 1.54) is 0 Å². The molecule has 1 amide bonds. The molecule has 0 bridgehead atoms. The summed E-state index contributed by atoms with van der Waals surface area (Å²) in [5.41, 5.74) is 7.01. The third kappa shape index (κ3) is 3.22. The zero-order valence-corrected chi connectivity index (χ0v) is 12.4. The molecule has 1 aliphatic rings. The number of hydrogen-bond donors (Lipinski definition) is 1. The number of anilines is 1. The maximum atomic E-state index is 12.6. The molecule has 0 radical (unpaired) electrons. The number of amides is 1. The molecule has 110 valence electrons. The number of nitrogen functional groups attached to an aromatic ring is 1. The molecular weight excluding hydrogens is 254 g/mol. The first-order chi connectivity index (χ1) is 9.51. The molecule has 2 rings (SSSR count). The van der Waals surface area contributed by atoms with Gasteiger partial charge in [0.15, 0.2) is 0 Å². The minimum atomic E-state index is 0.0267. The lowest BCUT2D eigenvalue weighted by molar-refractivity contribution is 0.0533. The highest BCUT2D eigenvalue weighted by Crippen LogP contribution is 2.21. The highest BCUT2D eigenvalue weighted by atomic mass is 16.5. The fraction of sp³-hybridized carbons (Fsp3) is 0.533. The van der Waals surface area contributed by atoms with Gasteiger partial charge in [-0.15, -0.1) is 0 Å². The number of piperazine rings is 1. The van der Waals surface area contributed by atoms with Crippen LogP contribution in [0.5, 0.6) is 5.75 Å². The molecule has 0 spiro atoms. The van der Waals surface area contributed by atoms with E-state index in [1.807, 2.05) is 11.8 Å². The fourth-order valence-electron chi connectivity index (χ4n) is 2.60. The number of carbonyl (C=O) groups excluding carboxylic acids is 1. The molecule has 1 atom stereocenters. The van der Waals surface area contributed by atoms with Gasteiger partial charge in [-0.05, 0) is 33.0 Å². The molecule has 5 nitrogen and oxygen atoms in total. The second-order valence-corrected chi connectivity index (χ2v) is 5.33. The normalized spacial score (nSPS) is 19.9. The van der Waals surface area contributed by atoms with Gasteiger partial charge in [0.05, 0.1) is 6.61 Å². The Labute approximate surface area is 120 Å². The molecule has 1 heterocycles. The summed E-state index contributed by atoms with van der Waals surface area (Å²) in [5.74, 6) is 0.677. The Morgan fingerprint density at radius 1 is 1.40 bits per heavy atom. The number of ether oxygens (including phenoxy) is 1. The van der Waals surface area contributed by atoms with Crippen molar-refractivity contribution in [3.05, 3.63) is 23.8 Å². The Bertz CT molecular complexity index is 490. The fourth-order valence-corrected chi connectivity index (χ4v) is 2.60. The van der Waals surface area contributed by atoms with Crippen LogP contribution in [-0.2, 0) is 0 Å². The Morgan fingerprint density at radius 2 is 2.15 bits per heavy atom. The maximum Gasteiger partial charge on any atom is 0.254 e. The molecule has 0 aliphatic carbocycles. The van der Waals surface area contributed by atoms with Crippen molar-refractivity contribution >= 4 is 11.6 Å². The molecule has 20 heavy (non-hydrogen) atoms. The summed E-state index contributed by atoms with van der Waals surface area (Å²) in [7, 11) is 2.08. The summed E-state index contributed by atoms with van der Waals surface area (Å²) in [5, 5.41) is 0. The summed E-state index contributed by atoms with van der Waals surface area (Å²) in [4.78, 5) is 16.8. The van der Waals surface area contributed by atoms with Crippen LogP contribution in [0.2, 0.25) is 0 Å². The molecule has 0 aromatic heterocycles. The standard InChI is InChI=1S/C15H23N3O2/c1-4-20-14-8-12(7-13(16)9-14)15(19)18-6-5-17(3)10-11(18)2/h7-9,11H,4-6,10,16H2,1-3H3. The van der Waals surface area contributed by atoms with E-state index in [9.17, 15) is 4.79 Å². The van der Waals surface area contributed by atoms with Crippen molar-refractivity contribution in [3.8, 4) is 5.75 Å². The van der Waals surface area contributed by atoms with Gasteiger partial charge in [0.1, 0.15) is 5.75 Å². The highest BCUT2D eigenvalue weighted by molar-refractivity contribution is 5.95. The van der Waals surface area contributed by atoms with Gasteiger partial charge in [-0.3, -0.25) is 4.79 Å². The van der Waals surface area contributed by atoms with Gasteiger partial charge in [-0.1, -0.05) is 0 Å². The van der Waals surface area contributed by atoms with Gasteiger partial charge in [0.2, 0.25) is 0 Å². The van der Waals surface area contributed by atoms with Crippen molar-refractivity contribution in [3.63, 3.8) is 0 Å². The van der Waals surface area contributed by atoms with E-state index in [0.29, 0.717) is 23.6 Å². The summed E-state index contributed by atoms with van der Waals surface area (Å²) >= 11 is 0. The predicted octanol–water partition coefficient (Wildman–Crippen LogP) is 1.44. The lowest BCUT2D eigenvalue weighted by atomic mass is 10.1. The highest BCUT2D eigenvalue weighted by Gasteiger charge is 2.26. The zero-order valence-electron chi connectivity index (χ0n) is 12.4. The lowest BCUT2D eigenvalue weighted by Crippen LogP contribution is -2.52. The first-order valence-corrected chi connectivity index (χ1v) is 7.04. The Hall–Kier alpha value is -1.75. The number of likely N-dealkylation sites (N-methyl/N-ethyl adjacent to an activating group) is 1. The monoisotopic (exact) mass is 277 g/mol. The molecule has 5 heteroatoms. The summed E-state index contributed by atoms with van der Waals surface area (Å²) < 4.78 is 5.45. The van der Waals surface area contributed by atoms with E-state index >= 15 is 0 Å². The summed E-state index contributed by atoms with van der Waals surface area (Å²) in [6.45, 7) is 7.08. The van der Waals surface area contributed by atoms with Crippen molar-refractivity contribution in [1.82, 2.24) is 9.80 Å². The molecule has 1 aliphatic heterocycles. The van der Waals surface area contributed by atoms with Crippen molar-refractivity contribution in [2.24, 2.45) is 0 Å². The number of carbonyl (C=O) groups is 1. The number of hydrogen-bond acceptors (Lipinski definition) is 4. The van der Waals surface area contributed by atoms with Gasteiger partial charge in [-0.25, -0.2) is 0 Å². The predicted molar refractivity (Wildman–Crippen MR) is 80.0 cm³/mol.